The van der Waals surface area contributed by atoms with Crippen LogP contribution in [0.2, 0.25) is 0 Å². The summed E-state index contributed by atoms with van der Waals surface area (Å²) in [6.45, 7) is 7.39. The number of carbonyl (C=O) groups is 2. The lowest BCUT2D eigenvalue weighted by Gasteiger charge is -2.39. The summed E-state index contributed by atoms with van der Waals surface area (Å²) in [6.07, 6.45) is 8.56. The van der Waals surface area contributed by atoms with Crippen molar-refractivity contribution in [3.63, 3.8) is 0 Å². The van der Waals surface area contributed by atoms with Crippen LogP contribution in [-0.2, 0) is 9.59 Å². The van der Waals surface area contributed by atoms with Crippen LogP contribution in [0.3, 0.4) is 0 Å². The van der Waals surface area contributed by atoms with Crippen LogP contribution in [0.25, 0.3) is 5.57 Å². The predicted molar refractivity (Wildman–Crippen MR) is 200 cm³/mol. The molecule has 0 bridgehead atoms. The molecule has 3 aromatic rings. The Labute approximate surface area is 299 Å². The summed E-state index contributed by atoms with van der Waals surface area (Å²) in [5.74, 6) is 1.16. The third kappa shape index (κ3) is 7.86. The number of aliphatic imine (C=N–C) groups is 1. The molecule has 3 aliphatic heterocycles. The zero-order valence-corrected chi connectivity index (χ0v) is 29.8. The van der Waals surface area contributed by atoms with Gasteiger partial charge in [-0.05, 0) is 98.6 Å². The van der Waals surface area contributed by atoms with Gasteiger partial charge in [0.15, 0.2) is 0 Å². The molecular formula is C39H49N9O3+2. The number of nitrogens with two attached hydrogens (primary N) is 3. The fourth-order valence-corrected chi connectivity index (χ4v) is 7.27. The molecule has 6 rings (SSSR count). The number of carbonyl (C=O) groups excluding carboxylic acids is 2. The molecule has 2 fully saturated rings. The molecule has 0 unspecified atom stereocenters. The lowest BCUT2D eigenvalue weighted by atomic mass is 9.78. The number of amides is 2. The van der Waals surface area contributed by atoms with Crippen molar-refractivity contribution in [2.45, 2.75) is 45.6 Å². The minimum atomic E-state index is -0.522. The van der Waals surface area contributed by atoms with Crippen LogP contribution in [-0.4, -0.2) is 96.9 Å². The predicted octanol–water partition coefficient (Wildman–Crippen LogP) is 0.626. The van der Waals surface area contributed by atoms with Crippen molar-refractivity contribution in [1.29, 1.82) is 0 Å². The standard InChI is InChI=1S/C39H47N9O3/c1-26(2)51-34-12-9-30(22-44-34)36(41)32-21-31(10-11-33(32)40)48-20-16-39(38(48)50)15-4-17-46(24-39)23-35(49)47-18-13-28(14-19-47)27-5-7-29(8-6-27)37(42)45-25-43-3/h5-13,21-22,25-26,41H,4,14-20,23-24,40H2,1-3H3,(H2,42,43,45)/p+2/t39-/m0/s1. The van der Waals surface area contributed by atoms with Crippen molar-refractivity contribution in [2.75, 3.05) is 56.9 Å². The Morgan fingerprint density at radius 3 is 2.57 bits per heavy atom. The van der Waals surface area contributed by atoms with E-state index in [2.05, 4.69) is 25.9 Å². The number of nitrogen functional groups attached to an aromatic ring is 1. The van der Waals surface area contributed by atoms with Crippen LogP contribution >= 0.6 is 0 Å². The third-order valence-electron chi connectivity index (χ3n) is 10.0. The molecule has 1 aromatic heterocycles. The number of nitrogens with zero attached hydrogens (tertiary/aromatic N) is 5. The number of hydrogen-bond acceptors (Lipinski definition) is 6. The van der Waals surface area contributed by atoms with Crippen molar-refractivity contribution in [2.24, 2.45) is 16.1 Å². The zero-order valence-electron chi connectivity index (χ0n) is 29.8. The molecular weight excluding hydrogens is 642 g/mol. The number of nitrogens with one attached hydrogen (secondary N) is 1. The van der Waals surface area contributed by atoms with E-state index in [-0.39, 0.29) is 17.9 Å². The molecule has 0 radical (unpaired) electrons. The van der Waals surface area contributed by atoms with E-state index >= 15 is 0 Å². The van der Waals surface area contributed by atoms with E-state index in [1.165, 1.54) is 5.57 Å². The third-order valence-corrected chi connectivity index (χ3v) is 10.0. The van der Waals surface area contributed by atoms with Crippen molar-refractivity contribution in [3.05, 3.63) is 89.1 Å². The smallest absolute Gasteiger partial charge is 0.281 e. The Kier molecular flexibility index (Phi) is 10.6. The Bertz CT molecular complexity index is 1870. The summed E-state index contributed by atoms with van der Waals surface area (Å²) in [5, 5.41) is 6.59. The first-order chi connectivity index (χ1) is 24.6. The molecule has 266 valence electrons. The molecule has 3 aliphatic rings. The number of pyridine rings is 1. The Hall–Kier alpha value is -5.36. The molecule has 4 heterocycles. The highest BCUT2D eigenvalue weighted by atomic mass is 16.5. The molecule has 2 aromatic carbocycles. The number of likely N-dealkylation sites (tertiary alicyclic amines) is 1. The van der Waals surface area contributed by atoms with E-state index < -0.39 is 5.41 Å². The average molecular weight is 692 g/mol. The van der Waals surface area contributed by atoms with Crippen molar-refractivity contribution < 1.29 is 24.7 Å². The van der Waals surface area contributed by atoms with E-state index in [9.17, 15) is 9.59 Å². The van der Waals surface area contributed by atoms with Crippen LogP contribution < -0.4 is 31.5 Å². The summed E-state index contributed by atoms with van der Waals surface area (Å²) in [6, 6.07) is 17.3. The largest absolute Gasteiger partial charge is 0.475 e. The van der Waals surface area contributed by atoms with Crippen molar-refractivity contribution in [1.82, 2.24) is 14.8 Å². The summed E-state index contributed by atoms with van der Waals surface area (Å²) in [4.78, 5) is 45.0. The topological polar surface area (TPSA) is 170 Å². The number of amidine groups is 1. The van der Waals surface area contributed by atoms with Crippen LogP contribution in [0.5, 0.6) is 5.88 Å². The van der Waals surface area contributed by atoms with E-state index in [0.717, 1.165) is 54.6 Å². The number of ether oxygens (including phenoxy) is 1. The molecule has 0 saturated carbocycles. The minimum Gasteiger partial charge on any atom is -0.475 e. The van der Waals surface area contributed by atoms with Gasteiger partial charge in [-0.25, -0.2) is 4.98 Å². The molecule has 2 saturated heterocycles. The second kappa shape index (κ2) is 15.3. The SMILES string of the molecule is C[NH+]=CN=C(N)c1ccc(C2=CCN(C(=O)CN3CCC[C@]4(CCN(c5ccc(N)c(C(=[NH2+])c6ccc(OC(C)C)nc6)c5)C4=O)C3)CC2)cc1. The van der Waals surface area contributed by atoms with Gasteiger partial charge in [0.2, 0.25) is 29.2 Å². The molecule has 12 nitrogen and oxygen atoms in total. The second-order valence-corrected chi connectivity index (χ2v) is 13.9. The first-order valence-corrected chi connectivity index (χ1v) is 17.7. The Balaban J connectivity index is 1.07. The van der Waals surface area contributed by atoms with Gasteiger partial charge in [0.05, 0.1) is 36.2 Å². The Morgan fingerprint density at radius 2 is 1.88 bits per heavy atom. The highest BCUT2D eigenvalue weighted by Gasteiger charge is 2.49. The zero-order chi connectivity index (χ0) is 36.1. The summed E-state index contributed by atoms with van der Waals surface area (Å²) in [5.41, 5.74) is 18.2. The van der Waals surface area contributed by atoms with Gasteiger partial charge in [0.1, 0.15) is 0 Å². The first kappa shape index (κ1) is 35.5. The number of aromatic nitrogens is 1. The maximum atomic E-state index is 14.1. The van der Waals surface area contributed by atoms with Gasteiger partial charge in [0, 0.05) is 55.4 Å². The second-order valence-electron chi connectivity index (χ2n) is 13.9. The molecule has 51 heavy (non-hydrogen) atoms. The minimum absolute atomic E-state index is 0.0150. The Morgan fingerprint density at radius 1 is 1.10 bits per heavy atom. The highest BCUT2D eigenvalue weighted by Crippen LogP contribution is 2.42. The number of hydrogen-bond donors (Lipinski definition) is 4. The normalized spacial score (nSPS) is 20.0. The molecule has 12 heteroatoms. The van der Waals surface area contributed by atoms with Gasteiger partial charge in [-0.3, -0.25) is 24.9 Å². The number of benzene rings is 2. The van der Waals surface area contributed by atoms with Gasteiger partial charge in [0.25, 0.3) is 6.34 Å². The van der Waals surface area contributed by atoms with Crippen molar-refractivity contribution in [3.8, 4) is 5.88 Å². The van der Waals surface area contributed by atoms with Gasteiger partial charge in [-0.1, -0.05) is 18.2 Å². The number of anilines is 2. The van der Waals surface area contributed by atoms with Crippen LogP contribution in [0.1, 0.15) is 61.8 Å². The molecule has 0 aliphatic carbocycles. The molecule has 1 atom stereocenters. The van der Waals surface area contributed by atoms with Gasteiger partial charge in [-0.2, -0.15) is 0 Å². The van der Waals surface area contributed by atoms with Gasteiger partial charge >= 0.3 is 0 Å². The van der Waals surface area contributed by atoms with Gasteiger partial charge in [-0.15, -0.1) is 0 Å². The highest BCUT2D eigenvalue weighted by molar-refractivity contribution is 6.13. The summed E-state index contributed by atoms with van der Waals surface area (Å²) < 4.78 is 5.66. The lowest BCUT2D eigenvalue weighted by molar-refractivity contribution is -0.414. The van der Waals surface area contributed by atoms with Gasteiger partial charge < -0.3 is 26.0 Å². The quantitative estimate of drug-likeness (QED) is 0.137. The van der Waals surface area contributed by atoms with E-state index in [0.29, 0.717) is 61.4 Å². The fourth-order valence-electron chi connectivity index (χ4n) is 7.27. The van der Waals surface area contributed by atoms with Crippen molar-refractivity contribution >= 4 is 46.6 Å². The summed E-state index contributed by atoms with van der Waals surface area (Å²) >= 11 is 0. The monoisotopic (exact) mass is 691 g/mol. The van der Waals surface area contributed by atoms with E-state index in [1.54, 1.807) is 31.7 Å². The average Bonchev–Trinajstić information content (AvgIpc) is 3.44. The van der Waals surface area contributed by atoms with E-state index in [1.807, 2.05) is 66.1 Å². The fraction of sp³-hybridized carbons (Fsp3) is 0.385. The molecule has 1 spiro atoms. The van der Waals surface area contributed by atoms with Crippen LogP contribution in [0.15, 0.2) is 71.9 Å². The summed E-state index contributed by atoms with van der Waals surface area (Å²) in [7, 11) is 1.77. The number of rotatable bonds is 10. The molecule has 7 N–H and O–H groups in total. The maximum absolute atomic E-state index is 14.1. The molecule has 2 amide bonds. The van der Waals surface area contributed by atoms with Crippen LogP contribution in [0.4, 0.5) is 11.4 Å². The lowest BCUT2D eigenvalue weighted by Crippen LogP contribution is -2.62. The van der Waals surface area contributed by atoms with Crippen LogP contribution in [0, 0.1) is 5.41 Å². The van der Waals surface area contributed by atoms with E-state index in [4.69, 9.17) is 21.6 Å². The first-order valence-electron chi connectivity index (χ1n) is 17.7. The maximum Gasteiger partial charge on any atom is 0.281 e. The number of piperidine rings is 1.